The number of thiophene rings is 1. The zero-order chi connectivity index (χ0) is 13.7. The van der Waals surface area contributed by atoms with E-state index in [0.29, 0.717) is 6.54 Å². The Labute approximate surface area is 119 Å². The summed E-state index contributed by atoms with van der Waals surface area (Å²) >= 11 is 1.81. The van der Waals surface area contributed by atoms with Gasteiger partial charge in [0.15, 0.2) is 0 Å². The van der Waals surface area contributed by atoms with Gasteiger partial charge in [-0.25, -0.2) is 0 Å². The van der Waals surface area contributed by atoms with Crippen molar-refractivity contribution < 1.29 is 0 Å². The van der Waals surface area contributed by atoms with Gasteiger partial charge in [-0.3, -0.25) is 9.88 Å². The Balaban J connectivity index is 2.04. The number of hydrogen-bond donors (Lipinski definition) is 1. The van der Waals surface area contributed by atoms with E-state index in [0.717, 1.165) is 25.3 Å². The topological polar surface area (TPSA) is 42.2 Å². The molecule has 0 amide bonds. The third kappa shape index (κ3) is 3.86. The summed E-state index contributed by atoms with van der Waals surface area (Å²) in [7, 11) is 0. The summed E-state index contributed by atoms with van der Waals surface area (Å²) in [4.78, 5) is 9.43. The molecular weight excluding hydrogens is 254 g/mol. The van der Waals surface area contributed by atoms with Gasteiger partial charge in [0.25, 0.3) is 0 Å². The van der Waals surface area contributed by atoms with Crippen molar-refractivity contribution in [3.63, 3.8) is 0 Å². The number of rotatable bonds is 6. The summed E-state index contributed by atoms with van der Waals surface area (Å²) in [6.07, 6.45) is 1.85. The van der Waals surface area contributed by atoms with Crippen LogP contribution >= 0.6 is 11.3 Å². The van der Waals surface area contributed by atoms with Gasteiger partial charge in [-0.05, 0) is 37.2 Å². The zero-order valence-electron chi connectivity index (χ0n) is 11.6. The van der Waals surface area contributed by atoms with E-state index in [-0.39, 0.29) is 0 Å². The maximum atomic E-state index is 5.71. The Morgan fingerprint density at radius 1 is 1.32 bits per heavy atom. The van der Waals surface area contributed by atoms with E-state index in [1.54, 1.807) is 11.3 Å². The maximum Gasteiger partial charge on any atom is 0.0544 e. The molecule has 0 radical (unpaired) electrons. The largest absolute Gasteiger partial charge is 0.326 e. The van der Waals surface area contributed by atoms with E-state index in [1.807, 2.05) is 18.3 Å². The monoisotopic (exact) mass is 275 g/mol. The van der Waals surface area contributed by atoms with Crippen molar-refractivity contribution >= 4 is 11.3 Å². The van der Waals surface area contributed by atoms with Crippen LogP contribution in [0.4, 0.5) is 0 Å². The molecule has 0 aromatic carbocycles. The van der Waals surface area contributed by atoms with Gasteiger partial charge in [0.05, 0.1) is 5.69 Å². The quantitative estimate of drug-likeness (QED) is 0.881. The number of nitrogens with two attached hydrogens (primary N) is 1. The summed E-state index contributed by atoms with van der Waals surface area (Å²) < 4.78 is 0. The second-order valence-electron chi connectivity index (χ2n) is 4.62. The Bertz CT molecular complexity index is 507. The molecule has 0 unspecified atom stereocenters. The summed E-state index contributed by atoms with van der Waals surface area (Å²) in [6, 6.07) is 8.31. The second kappa shape index (κ2) is 6.80. The Hall–Kier alpha value is -1.23. The minimum Gasteiger partial charge on any atom is -0.326 e. The van der Waals surface area contributed by atoms with Crippen LogP contribution in [0.25, 0.3) is 0 Å². The smallest absolute Gasteiger partial charge is 0.0544 e. The number of hydrogen-bond acceptors (Lipinski definition) is 4. The molecule has 4 heteroatoms. The van der Waals surface area contributed by atoms with Crippen molar-refractivity contribution in [2.75, 3.05) is 6.54 Å². The van der Waals surface area contributed by atoms with Gasteiger partial charge in [-0.15, -0.1) is 11.3 Å². The fourth-order valence-corrected chi connectivity index (χ4v) is 3.02. The molecule has 2 rings (SSSR count). The highest BCUT2D eigenvalue weighted by atomic mass is 32.1. The number of aromatic nitrogens is 1. The van der Waals surface area contributed by atoms with E-state index < -0.39 is 0 Å². The van der Waals surface area contributed by atoms with Crippen LogP contribution in [0.1, 0.15) is 27.9 Å². The third-order valence-corrected chi connectivity index (χ3v) is 4.34. The number of aryl methyl sites for hydroxylation is 1. The molecule has 0 aliphatic heterocycles. The number of nitrogens with zero attached hydrogens (tertiary/aromatic N) is 2. The van der Waals surface area contributed by atoms with Crippen LogP contribution in [0.15, 0.2) is 30.5 Å². The molecular formula is C15H21N3S. The molecule has 3 nitrogen and oxygen atoms in total. The maximum absolute atomic E-state index is 5.71. The fraction of sp³-hybridized carbons (Fsp3) is 0.400. The molecule has 2 aromatic rings. The molecule has 0 aliphatic carbocycles. The van der Waals surface area contributed by atoms with E-state index in [2.05, 4.69) is 35.9 Å². The van der Waals surface area contributed by atoms with Crippen LogP contribution in [0.2, 0.25) is 0 Å². The van der Waals surface area contributed by atoms with Crippen LogP contribution in [-0.4, -0.2) is 16.4 Å². The van der Waals surface area contributed by atoms with Crippen molar-refractivity contribution in [1.29, 1.82) is 0 Å². The average molecular weight is 275 g/mol. The molecule has 0 spiro atoms. The van der Waals surface area contributed by atoms with Crippen molar-refractivity contribution in [3.05, 3.63) is 51.5 Å². The van der Waals surface area contributed by atoms with Crippen molar-refractivity contribution in [3.8, 4) is 0 Å². The molecule has 0 atom stereocenters. The molecule has 0 saturated heterocycles. The van der Waals surface area contributed by atoms with E-state index in [4.69, 9.17) is 5.73 Å². The van der Waals surface area contributed by atoms with Gasteiger partial charge in [-0.2, -0.15) is 0 Å². The second-order valence-corrected chi connectivity index (χ2v) is 5.96. The highest BCUT2D eigenvalue weighted by Crippen LogP contribution is 2.23. The Kier molecular flexibility index (Phi) is 5.07. The minimum atomic E-state index is 0.637. The predicted octanol–water partition coefficient (Wildman–Crippen LogP) is 2.93. The van der Waals surface area contributed by atoms with Crippen LogP contribution in [0, 0.1) is 6.92 Å². The molecule has 2 heterocycles. The molecule has 0 saturated carbocycles. The normalized spacial score (nSPS) is 11.2. The van der Waals surface area contributed by atoms with Gasteiger partial charge in [0.2, 0.25) is 0 Å². The Morgan fingerprint density at radius 3 is 2.74 bits per heavy atom. The van der Waals surface area contributed by atoms with Crippen molar-refractivity contribution in [1.82, 2.24) is 9.88 Å². The highest BCUT2D eigenvalue weighted by Gasteiger charge is 2.10. The lowest BCUT2D eigenvalue weighted by Gasteiger charge is -2.19. The fourth-order valence-electron chi connectivity index (χ4n) is 2.09. The van der Waals surface area contributed by atoms with E-state index >= 15 is 0 Å². The highest BCUT2D eigenvalue weighted by molar-refractivity contribution is 7.12. The lowest BCUT2D eigenvalue weighted by molar-refractivity contribution is 0.268. The molecule has 102 valence electrons. The van der Waals surface area contributed by atoms with E-state index in [9.17, 15) is 0 Å². The lowest BCUT2D eigenvalue weighted by Crippen LogP contribution is -2.22. The average Bonchev–Trinajstić information content (AvgIpc) is 2.80. The summed E-state index contributed by atoms with van der Waals surface area (Å²) in [5.74, 6) is 0. The molecule has 0 aliphatic rings. The minimum absolute atomic E-state index is 0.637. The van der Waals surface area contributed by atoms with Gasteiger partial charge < -0.3 is 5.73 Å². The molecule has 0 fully saturated rings. The molecule has 2 aromatic heterocycles. The van der Waals surface area contributed by atoms with Gasteiger partial charge >= 0.3 is 0 Å². The first-order chi connectivity index (χ1) is 9.22. The van der Waals surface area contributed by atoms with Crippen molar-refractivity contribution in [2.45, 2.75) is 33.5 Å². The summed E-state index contributed by atoms with van der Waals surface area (Å²) in [6.45, 7) is 7.88. The predicted molar refractivity (Wildman–Crippen MR) is 81.0 cm³/mol. The van der Waals surface area contributed by atoms with Crippen LogP contribution < -0.4 is 5.73 Å². The molecule has 2 N–H and O–H groups in total. The van der Waals surface area contributed by atoms with Gasteiger partial charge in [-0.1, -0.05) is 13.0 Å². The summed E-state index contributed by atoms with van der Waals surface area (Å²) in [5, 5.41) is 0. The molecule has 19 heavy (non-hydrogen) atoms. The number of pyridine rings is 1. The lowest BCUT2D eigenvalue weighted by atomic mass is 10.2. The first kappa shape index (κ1) is 14.2. The van der Waals surface area contributed by atoms with Gasteiger partial charge in [0, 0.05) is 35.6 Å². The first-order valence-electron chi connectivity index (χ1n) is 6.63. The van der Waals surface area contributed by atoms with Gasteiger partial charge in [0.1, 0.15) is 0 Å². The standard InChI is InChI=1S/C15H21N3S/c1-3-18(11-14-6-4-5-7-17-14)10-13-8-15(9-16)19-12(13)2/h4-8H,3,9-11,16H2,1-2H3. The molecule has 0 bridgehead atoms. The van der Waals surface area contributed by atoms with Crippen molar-refractivity contribution in [2.24, 2.45) is 5.73 Å². The van der Waals surface area contributed by atoms with E-state index in [1.165, 1.54) is 15.3 Å². The zero-order valence-corrected chi connectivity index (χ0v) is 12.4. The third-order valence-electron chi connectivity index (χ3n) is 3.23. The SMILES string of the molecule is CCN(Cc1ccccn1)Cc1cc(CN)sc1C. The first-order valence-corrected chi connectivity index (χ1v) is 7.45. The summed E-state index contributed by atoms with van der Waals surface area (Å²) in [5.41, 5.74) is 8.22. The Morgan fingerprint density at radius 2 is 2.16 bits per heavy atom. The van der Waals surface area contributed by atoms with Crippen LogP contribution in [-0.2, 0) is 19.6 Å². The van der Waals surface area contributed by atoms with Crippen LogP contribution in [0.5, 0.6) is 0 Å². The van der Waals surface area contributed by atoms with Crippen LogP contribution in [0.3, 0.4) is 0 Å².